The number of carbonyl (C=O) groups excluding carboxylic acids is 2. The Hall–Kier alpha value is -3.46. The topological polar surface area (TPSA) is 95.6 Å². The number of nitrogens with zero attached hydrogens (tertiary/aromatic N) is 3. The Labute approximate surface area is 189 Å². The maximum Gasteiger partial charge on any atom is 0.339 e. The van der Waals surface area contributed by atoms with E-state index in [1.807, 2.05) is 17.5 Å². The van der Waals surface area contributed by atoms with E-state index in [0.717, 1.165) is 23.7 Å². The van der Waals surface area contributed by atoms with Crippen LogP contribution in [0.25, 0.3) is 10.6 Å². The number of ether oxygens (including phenoxy) is 1. The van der Waals surface area contributed by atoms with Gasteiger partial charge in [-0.25, -0.2) is 9.78 Å². The molecule has 166 valence electrons. The molecule has 32 heavy (non-hydrogen) atoms. The molecule has 1 N–H and O–H groups in total. The van der Waals surface area contributed by atoms with Gasteiger partial charge in [-0.05, 0) is 49.1 Å². The molecule has 3 aromatic heterocycles. The summed E-state index contributed by atoms with van der Waals surface area (Å²) in [7, 11) is 0. The van der Waals surface area contributed by atoms with E-state index in [9.17, 15) is 14.4 Å². The Kier molecular flexibility index (Phi) is 6.65. The number of H-pyrrole nitrogens is 1. The van der Waals surface area contributed by atoms with Crippen molar-refractivity contribution in [1.82, 2.24) is 14.9 Å². The molecule has 0 saturated carbocycles. The summed E-state index contributed by atoms with van der Waals surface area (Å²) in [6.45, 7) is 4.42. The van der Waals surface area contributed by atoms with Gasteiger partial charge in [0.05, 0.1) is 22.7 Å². The van der Waals surface area contributed by atoms with Gasteiger partial charge in [-0.15, -0.1) is 11.3 Å². The summed E-state index contributed by atoms with van der Waals surface area (Å²) in [6.07, 6.45) is 2.26. The third kappa shape index (κ3) is 4.72. The molecule has 9 heteroatoms. The largest absolute Gasteiger partial charge is 0.462 e. The molecule has 0 bridgehead atoms. The van der Waals surface area contributed by atoms with Crippen LogP contribution < -0.4 is 10.5 Å². The van der Waals surface area contributed by atoms with Gasteiger partial charge in [0.2, 0.25) is 0 Å². The highest BCUT2D eigenvalue weighted by molar-refractivity contribution is 7.13. The van der Waals surface area contributed by atoms with Crippen LogP contribution in [0, 0.1) is 0 Å². The van der Waals surface area contributed by atoms with E-state index in [2.05, 4.69) is 14.9 Å². The van der Waals surface area contributed by atoms with Crippen molar-refractivity contribution in [1.29, 1.82) is 0 Å². The highest BCUT2D eigenvalue weighted by atomic mass is 32.1. The zero-order chi connectivity index (χ0) is 22.5. The van der Waals surface area contributed by atoms with Gasteiger partial charge in [-0.3, -0.25) is 9.59 Å². The van der Waals surface area contributed by atoms with Crippen LogP contribution in [0.2, 0.25) is 0 Å². The highest BCUT2D eigenvalue weighted by Gasteiger charge is 2.23. The molecule has 0 spiro atoms. The smallest absolute Gasteiger partial charge is 0.339 e. The minimum absolute atomic E-state index is 0.149. The number of pyridine rings is 2. The van der Waals surface area contributed by atoms with Crippen LogP contribution >= 0.6 is 11.3 Å². The van der Waals surface area contributed by atoms with Gasteiger partial charge in [0.1, 0.15) is 11.4 Å². The number of nitrogens with one attached hydrogen (secondary N) is 1. The average molecular weight is 453 g/mol. The van der Waals surface area contributed by atoms with E-state index in [1.165, 1.54) is 17.5 Å². The molecule has 0 aliphatic carbocycles. The summed E-state index contributed by atoms with van der Waals surface area (Å²) in [6, 6.07) is 10.7. The standard InChI is InChI=1S/C23H24N4O4S/c1-2-31-23(30)16-6-9-20(24-15-16)26-10-4-11-27(13-12-26)22(29)17-7-8-18(25-21(17)28)19-5-3-14-32-19/h3,5-9,14-15H,2,4,10-13H2,1H3,(H,25,28). The van der Waals surface area contributed by atoms with Crippen LogP contribution in [0.4, 0.5) is 5.82 Å². The Morgan fingerprint density at radius 2 is 2.00 bits per heavy atom. The van der Waals surface area contributed by atoms with Crippen LogP contribution in [0.1, 0.15) is 34.1 Å². The van der Waals surface area contributed by atoms with E-state index in [4.69, 9.17) is 4.74 Å². The monoisotopic (exact) mass is 452 g/mol. The van der Waals surface area contributed by atoms with Crippen molar-refractivity contribution in [2.75, 3.05) is 37.7 Å². The second-order valence-corrected chi connectivity index (χ2v) is 8.30. The van der Waals surface area contributed by atoms with Crippen molar-refractivity contribution in [3.63, 3.8) is 0 Å². The maximum atomic E-state index is 13.0. The van der Waals surface area contributed by atoms with E-state index >= 15 is 0 Å². The summed E-state index contributed by atoms with van der Waals surface area (Å²) in [4.78, 5) is 49.3. The molecule has 0 unspecified atom stereocenters. The molecule has 1 saturated heterocycles. The van der Waals surface area contributed by atoms with Gasteiger partial charge in [0.25, 0.3) is 11.5 Å². The lowest BCUT2D eigenvalue weighted by molar-refractivity contribution is 0.0525. The lowest BCUT2D eigenvalue weighted by Gasteiger charge is -2.23. The van der Waals surface area contributed by atoms with Crippen molar-refractivity contribution in [3.8, 4) is 10.6 Å². The summed E-state index contributed by atoms with van der Waals surface area (Å²) < 4.78 is 4.99. The molecule has 1 aliphatic rings. The molecule has 3 aromatic rings. The number of hydrogen-bond acceptors (Lipinski definition) is 7. The zero-order valence-corrected chi connectivity index (χ0v) is 18.6. The average Bonchev–Trinajstić information content (AvgIpc) is 3.23. The number of carbonyl (C=O) groups is 2. The van der Waals surface area contributed by atoms with E-state index in [1.54, 1.807) is 36.1 Å². The van der Waals surface area contributed by atoms with Crippen LogP contribution in [0.15, 0.2) is 52.8 Å². The van der Waals surface area contributed by atoms with Crippen molar-refractivity contribution < 1.29 is 14.3 Å². The van der Waals surface area contributed by atoms with Crippen molar-refractivity contribution >= 4 is 29.0 Å². The minimum Gasteiger partial charge on any atom is -0.462 e. The van der Waals surface area contributed by atoms with Crippen LogP contribution in [0.5, 0.6) is 0 Å². The molecule has 1 amide bonds. The van der Waals surface area contributed by atoms with Crippen molar-refractivity contribution in [2.45, 2.75) is 13.3 Å². The number of thiophene rings is 1. The summed E-state index contributed by atoms with van der Waals surface area (Å²) in [5, 5.41) is 1.94. The number of amides is 1. The lowest BCUT2D eigenvalue weighted by Crippen LogP contribution is -2.37. The first-order chi connectivity index (χ1) is 15.6. The first-order valence-electron chi connectivity index (χ1n) is 10.5. The molecule has 1 aliphatic heterocycles. The quantitative estimate of drug-likeness (QED) is 0.598. The van der Waals surface area contributed by atoms with E-state index in [0.29, 0.717) is 37.5 Å². The number of esters is 1. The number of anilines is 1. The first-order valence-corrected chi connectivity index (χ1v) is 11.4. The predicted molar refractivity (Wildman–Crippen MR) is 123 cm³/mol. The van der Waals surface area contributed by atoms with E-state index < -0.39 is 5.97 Å². The van der Waals surface area contributed by atoms with Crippen LogP contribution in [-0.4, -0.2) is 59.5 Å². The van der Waals surface area contributed by atoms with Crippen molar-refractivity contribution in [2.24, 2.45) is 0 Å². The third-order valence-electron chi connectivity index (χ3n) is 5.29. The van der Waals surface area contributed by atoms with Gasteiger partial charge in [-0.2, -0.15) is 0 Å². The number of hydrogen-bond donors (Lipinski definition) is 1. The second-order valence-electron chi connectivity index (χ2n) is 7.35. The van der Waals surface area contributed by atoms with Gasteiger partial charge >= 0.3 is 5.97 Å². The lowest BCUT2D eigenvalue weighted by atomic mass is 10.2. The normalized spacial score (nSPS) is 14.2. The Balaban J connectivity index is 1.42. The predicted octanol–water partition coefficient (Wildman–Crippen LogP) is 3.03. The molecule has 1 fully saturated rings. The van der Waals surface area contributed by atoms with Gasteiger partial charge < -0.3 is 19.5 Å². The van der Waals surface area contributed by atoms with Gasteiger partial charge in [0.15, 0.2) is 0 Å². The van der Waals surface area contributed by atoms with E-state index in [-0.39, 0.29) is 17.0 Å². The fraction of sp³-hybridized carbons (Fsp3) is 0.304. The Morgan fingerprint density at radius 3 is 2.69 bits per heavy atom. The molecule has 0 aromatic carbocycles. The van der Waals surface area contributed by atoms with Crippen LogP contribution in [-0.2, 0) is 4.74 Å². The molecule has 4 rings (SSSR count). The highest BCUT2D eigenvalue weighted by Crippen LogP contribution is 2.22. The van der Waals surface area contributed by atoms with Gasteiger partial charge in [-0.1, -0.05) is 6.07 Å². The number of aromatic amines is 1. The summed E-state index contributed by atoms with van der Waals surface area (Å²) in [5.41, 5.74) is 0.891. The Morgan fingerprint density at radius 1 is 1.12 bits per heavy atom. The third-order valence-corrected chi connectivity index (χ3v) is 6.20. The molecule has 4 heterocycles. The number of aromatic nitrogens is 2. The molecular formula is C23H24N4O4S. The fourth-order valence-electron chi connectivity index (χ4n) is 3.65. The fourth-order valence-corrected chi connectivity index (χ4v) is 4.35. The Bertz CT molecular complexity index is 1140. The summed E-state index contributed by atoms with van der Waals surface area (Å²) in [5.74, 6) is 0.0800. The summed E-state index contributed by atoms with van der Waals surface area (Å²) >= 11 is 1.53. The van der Waals surface area contributed by atoms with Crippen molar-refractivity contribution in [3.05, 3.63) is 69.5 Å². The molecule has 0 radical (unpaired) electrons. The SMILES string of the molecule is CCOC(=O)c1ccc(N2CCCN(C(=O)c3ccc(-c4cccs4)[nH]c3=O)CC2)nc1. The maximum absolute atomic E-state index is 13.0. The van der Waals surface area contributed by atoms with Crippen LogP contribution in [0.3, 0.4) is 0 Å². The minimum atomic E-state index is -0.394. The second kappa shape index (κ2) is 9.78. The molecule has 0 atom stereocenters. The molecular weight excluding hydrogens is 428 g/mol. The number of rotatable bonds is 5. The zero-order valence-electron chi connectivity index (χ0n) is 17.7. The first kappa shape index (κ1) is 21.8. The molecule has 8 nitrogen and oxygen atoms in total. The van der Waals surface area contributed by atoms with Gasteiger partial charge in [0, 0.05) is 32.4 Å².